The summed E-state index contributed by atoms with van der Waals surface area (Å²) in [4.78, 5) is 0. The van der Waals surface area contributed by atoms with E-state index in [1.165, 1.54) is 30.4 Å². The summed E-state index contributed by atoms with van der Waals surface area (Å²) in [7, 11) is 0. The fourth-order valence-electron chi connectivity index (χ4n) is 2.95. The Bertz CT molecular complexity index is 410. The van der Waals surface area contributed by atoms with E-state index in [1.54, 1.807) is 0 Å². The SMILES string of the molecule is CC(C)(C)c1ccc(CNCC2(O)CCCCC2)cc1. The van der Waals surface area contributed by atoms with E-state index in [4.69, 9.17) is 0 Å². The molecule has 2 rings (SSSR count). The second-order valence-electron chi connectivity index (χ2n) is 7.34. The number of hydrogen-bond donors (Lipinski definition) is 2. The normalized spacial score (nSPS) is 19.0. The van der Waals surface area contributed by atoms with E-state index in [0.717, 1.165) is 19.4 Å². The number of benzene rings is 1. The second-order valence-corrected chi connectivity index (χ2v) is 7.34. The molecule has 1 aliphatic carbocycles. The van der Waals surface area contributed by atoms with E-state index in [-0.39, 0.29) is 5.41 Å². The Balaban J connectivity index is 1.82. The summed E-state index contributed by atoms with van der Waals surface area (Å²) in [5, 5.41) is 13.9. The Morgan fingerprint density at radius 2 is 1.65 bits per heavy atom. The molecule has 0 aromatic heterocycles. The van der Waals surface area contributed by atoms with Gasteiger partial charge < -0.3 is 10.4 Å². The van der Waals surface area contributed by atoms with Crippen molar-refractivity contribution in [3.05, 3.63) is 35.4 Å². The minimum atomic E-state index is -0.469. The lowest BCUT2D eigenvalue weighted by atomic mass is 9.85. The zero-order valence-corrected chi connectivity index (χ0v) is 13.2. The Morgan fingerprint density at radius 1 is 1.05 bits per heavy atom. The fraction of sp³-hybridized carbons (Fsp3) is 0.667. The van der Waals surface area contributed by atoms with Crippen molar-refractivity contribution < 1.29 is 5.11 Å². The highest BCUT2D eigenvalue weighted by Gasteiger charge is 2.28. The van der Waals surface area contributed by atoms with Crippen LogP contribution in [0, 0.1) is 0 Å². The maximum atomic E-state index is 10.4. The highest BCUT2D eigenvalue weighted by molar-refractivity contribution is 5.27. The molecule has 0 bridgehead atoms. The molecule has 0 saturated heterocycles. The van der Waals surface area contributed by atoms with Crippen molar-refractivity contribution >= 4 is 0 Å². The minimum absolute atomic E-state index is 0.212. The smallest absolute Gasteiger partial charge is 0.0771 e. The van der Waals surface area contributed by atoms with Gasteiger partial charge >= 0.3 is 0 Å². The topological polar surface area (TPSA) is 32.3 Å². The largest absolute Gasteiger partial charge is 0.389 e. The second kappa shape index (κ2) is 6.28. The molecule has 20 heavy (non-hydrogen) atoms. The lowest BCUT2D eigenvalue weighted by Crippen LogP contribution is -2.41. The van der Waals surface area contributed by atoms with Crippen LogP contribution >= 0.6 is 0 Å². The van der Waals surface area contributed by atoms with Crippen molar-refractivity contribution in [3.8, 4) is 0 Å². The van der Waals surface area contributed by atoms with Gasteiger partial charge in [-0.1, -0.05) is 64.3 Å². The quantitative estimate of drug-likeness (QED) is 0.876. The molecule has 0 radical (unpaired) electrons. The van der Waals surface area contributed by atoms with Crippen LogP contribution in [0.4, 0.5) is 0 Å². The summed E-state index contributed by atoms with van der Waals surface area (Å²) in [6, 6.07) is 8.82. The number of nitrogens with one attached hydrogen (secondary N) is 1. The van der Waals surface area contributed by atoms with Gasteiger partial charge in [-0.3, -0.25) is 0 Å². The first kappa shape index (κ1) is 15.5. The van der Waals surface area contributed by atoms with E-state index in [9.17, 15) is 5.11 Å². The Labute approximate surface area is 123 Å². The highest BCUT2D eigenvalue weighted by Crippen LogP contribution is 2.27. The van der Waals surface area contributed by atoms with Crippen LogP contribution in [0.15, 0.2) is 24.3 Å². The molecule has 2 heteroatoms. The molecule has 112 valence electrons. The standard InChI is InChI=1S/C18H29NO/c1-17(2,3)16-9-7-15(8-10-16)13-19-14-18(20)11-5-4-6-12-18/h7-10,19-20H,4-6,11-14H2,1-3H3. The van der Waals surface area contributed by atoms with Gasteiger partial charge in [0, 0.05) is 13.1 Å². The van der Waals surface area contributed by atoms with Crippen molar-refractivity contribution in [1.82, 2.24) is 5.32 Å². The lowest BCUT2D eigenvalue weighted by Gasteiger charge is -2.32. The van der Waals surface area contributed by atoms with Gasteiger partial charge in [-0.05, 0) is 29.4 Å². The molecule has 1 aromatic rings. The Kier molecular flexibility index (Phi) is 4.87. The third kappa shape index (κ3) is 4.32. The van der Waals surface area contributed by atoms with Crippen LogP contribution in [0.1, 0.15) is 64.0 Å². The average molecular weight is 275 g/mol. The Morgan fingerprint density at radius 3 is 2.20 bits per heavy atom. The van der Waals surface area contributed by atoms with Gasteiger partial charge in [0.25, 0.3) is 0 Å². The summed E-state index contributed by atoms with van der Waals surface area (Å²) in [5.74, 6) is 0. The van der Waals surface area contributed by atoms with Gasteiger partial charge in [0.2, 0.25) is 0 Å². The van der Waals surface area contributed by atoms with Crippen molar-refractivity contribution in [1.29, 1.82) is 0 Å². The monoisotopic (exact) mass is 275 g/mol. The van der Waals surface area contributed by atoms with E-state index in [0.29, 0.717) is 6.54 Å². The summed E-state index contributed by atoms with van der Waals surface area (Å²) >= 11 is 0. The van der Waals surface area contributed by atoms with Gasteiger partial charge in [0.05, 0.1) is 5.60 Å². The van der Waals surface area contributed by atoms with E-state index in [1.807, 2.05) is 0 Å². The number of aliphatic hydroxyl groups is 1. The predicted octanol–water partition coefficient (Wildman–Crippen LogP) is 3.77. The van der Waals surface area contributed by atoms with Gasteiger partial charge in [-0.2, -0.15) is 0 Å². The average Bonchev–Trinajstić information content (AvgIpc) is 2.39. The van der Waals surface area contributed by atoms with Crippen molar-refractivity contribution in [3.63, 3.8) is 0 Å². The maximum absolute atomic E-state index is 10.4. The molecule has 0 amide bonds. The summed E-state index contributed by atoms with van der Waals surface area (Å²) in [6.07, 6.45) is 5.50. The van der Waals surface area contributed by atoms with Gasteiger partial charge in [0.1, 0.15) is 0 Å². The van der Waals surface area contributed by atoms with E-state index < -0.39 is 5.60 Å². The van der Waals surface area contributed by atoms with Gasteiger partial charge in [-0.25, -0.2) is 0 Å². The first-order valence-electron chi connectivity index (χ1n) is 7.92. The zero-order valence-electron chi connectivity index (χ0n) is 13.2. The molecule has 1 fully saturated rings. The highest BCUT2D eigenvalue weighted by atomic mass is 16.3. The molecule has 1 aromatic carbocycles. The molecule has 0 unspecified atom stereocenters. The van der Waals surface area contributed by atoms with Crippen LogP contribution in [0.2, 0.25) is 0 Å². The number of rotatable bonds is 4. The molecule has 0 atom stereocenters. The number of hydrogen-bond acceptors (Lipinski definition) is 2. The van der Waals surface area contributed by atoms with Crippen molar-refractivity contribution in [2.75, 3.05) is 6.54 Å². The predicted molar refractivity (Wildman–Crippen MR) is 84.9 cm³/mol. The van der Waals surface area contributed by atoms with Gasteiger partial charge in [-0.15, -0.1) is 0 Å². The first-order chi connectivity index (χ1) is 9.39. The van der Waals surface area contributed by atoms with Crippen LogP contribution in [-0.4, -0.2) is 17.3 Å². The van der Waals surface area contributed by atoms with E-state index in [2.05, 4.69) is 50.4 Å². The van der Waals surface area contributed by atoms with Crippen LogP contribution in [0.25, 0.3) is 0 Å². The van der Waals surface area contributed by atoms with Crippen LogP contribution in [0.5, 0.6) is 0 Å². The lowest BCUT2D eigenvalue weighted by molar-refractivity contribution is 0.00468. The van der Waals surface area contributed by atoms with E-state index >= 15 is 0 Å². The molecule has 0 heterocycles. The van der Waals surface area contributed by atoms with Crippen molar-refractivity contribution in [2.45, 2.75) is 70.4 Å². The minimum Gasteiger partial charge on any atom is -0.389 e. The van der Waals surface area contributed by atoms with Crippen LogP contribution < -0.4 is 5.32 Å². The van der Waals surface area contributed by atoms with Crippen molar-refractivity contribution in [2.24, 2.45) is 0 Å². The maximum Gasteiger partial charge on any atom is 0.0771 e. The molecule has 2 nitrogen and oxygen atoms in total. The molecule has 2 N–H and O–H groups in total. The third-order valence-electron chi connectivity index (χ3n) is 4.39. The van der Waals surface area contributed by atoms with Crippen LogP contribution in [0.3, 0.4) is 0 Å². The molecule has 1 aliphatic rings. The molecular formula is C18H29NO. The first-order valence-corrected chi connectivity index (χ1v) is 7.92. The summed E-state index contributed by atoms with van der Waals surface area (Å²) < 4.78 is 0. The Hall–Kier alpha value is -0.860. The zero-order chi connectivity index (χ0) is 14.6. The molecular weight excluding hydrogens is 246 g/mol. The van der Waals surface area contributed by atoms with Crippen LogP contribution in [-0.2, 0) is 12.0 Å². The summed E-state index contributed by atoms with van der Waals surface area (Å²) in [5.41, 5.74) is 2.40. The fourth-order valence-corrected chi connectivity index (χ4v) is 2.95. The molecule has 0 aliphatic heterocycles. The summed E-state index contributed by atoms with van der Waals surface area (Å²) in [6.45, 7) is 8.26. The molecule has 0 spiro atoms. The molecule has 1 saturated carbocycles. The third-order valence-corrected chi connectivity index (χ3v) is 4.39. The van der Waals surface area contributed by atoms with Gasteiger partial charge in [0.15, 0.2) is 0 Å².